The van der Waals surface area contributed by atoms with Gasteiger partial charge in [-0.25, -0.2) is 5.71 Å². The van der Waals surface area contributed by atoms with Crippen LogP contribution < -0.4 is 0 Å². The number of pyridine rings is 1. The van der Waals surface area contributed by atoms with Crippen molar-refractivity contribution < 1.29 is 36.2 Å². The van der Waals surface area contributed by atoms with Crippen LogP contribution in [0.5, 0.6) is 0 Å². The standard InChI is InChI=1S/C22H16Cl2N2O.U/c1-14-5-7-15(8-6-14)12-18(22(27)20-4-2-3-11-26-20)21(25)17-10-9-16(23)13-19(17)24;/h2-11,13,22,27H,1H3;/q-2;+2. The first-order valence-corrected chi connectivity index (χ1v) is 9.02. The summed E-state index contributed by atoms with van der Waals surface area (Å²) in [7, 11) is 0. The van der Waals surface area contributed by atoms with E-state index < -0.39 is 6.10 Å². The molecule has 0 aliphatic carbocycles. The number of nitrogens with zero attached hydrogens (tertiary/aromatic N) is 2. The molecule has 138 valence electrons. The van der Waals surface area contributed by atoms with Crippen molar-refractivity contribution in [2.45, 2.75) is 13.0 Å². The van der Waals surface area contributed by atoms with Crippen LogP contribution in [0.4, 0.5) is 0 Å². The average molecular weight is 633 g/mol. The van der Waals surface area contributed by atoms with Crippen molar-refractivity contribution in [3.8, 4) is 0 Å². The Balaban J connectivity index is 0.00000280. The van der Waals surface area contributed by atoms with Gasteiger partial charge in [0.25, 0.3) is 0 Å². The molecule has 1 aromatic heterocycles. The van der Waals surface area contributed by atoms with E-state index in [0.29, 0.717) is 21.8 Å². The molecule has 6 heteroatoms. The fraction of sp³-hybridized carbons (Fsp3) is 0.0909. The van der Waals surface area contributed by atoms with Crippen molar-refractivity contribution in [2.24, 2.45) is 0 Å². The number of hydrogen-bond acceptors (Lipinski definition) is 2. The summed E-state index contributed by atoms with van der Waals surface area (Å²) < 4.78 is 0. The molecule has 0 amide bonds. The third-order valence-electron chi connectivity index (χ3n) is 4.01. The van der Waals surface area contributed by atoms with Gasteiger partial charge in [-0.2, -0.15) is 0 Å². The van der Waals surface area contributed by atoms with E-state index >= 15 is 0 Å². The summed E-state index contributed by atoms with van der Waals surface area (Å²) in [6.07, 6.45) is 3.49. The summed E-state index contributed by atoms with van der Waals surface area (Å²) in [4.78, 5) is 4.18. The zero-order chi connectivity index (χ0) is 19.4. The van der Waals surface area contributed by atoms with Gasteiger partial charge in [0.1, 0.15) is 6.10 Å². The largest absolute Gasteiger partial charge is 2.00 e. The van der Waals surface area contributed by atoms with Gasteiger partial charge in [0.05, 0.1) is 5.69 Å². The van der Waals surface area contributed by atoms with E-state index in [1.54, 1.807) is 36.5 Å². The molecule has 3 rings (SSSR count). The number of rotatable bonds is 5. The van der Waals surface area contributed by atoms with Gasteiger partial charge in [0, 0.05) is 16.2 Å². The summed E-state index contributed by atoms with van der Waals surface area (Å²) in [6, 6.07) is 17.5. The van der Waals surface area contributed by atoms with Crippen LogP contribution in [0.1, 0.15) is 28.5 Å². The molecule has 0 fully saturated rings. The summed E-state index contributed by atoms with van der Waals surface area (Å²) in [5.74, 6) is 0. The molecule has 0 aliphatic rings. The van der Waals surface area contributed by atoms with Crippen molar-refractivity contribution in [1.82, 2.24) is 4.98 Å². The fourth-order valence-electron chi connectivity index (χ4n) is 2.56. The molecule has 0 saturated heterocycles. The maximum Gasteiger partial charge on any atom is 2.00 e. The number of aliphatic hydroxyl groups is 1. The molecule has 1 N–H and O–H groups in total. The Hall–Kier alpha value is -1.41. The second kappa shape index (κ2) is 10.4. The van der Waals surface area contributed by atoms with Gasteiger partial charge < -0.3 is 10.5 Å². The normalized spacial score (nSPS) is 12.2. The molecule has 2 aromatic carbocycles. The first-order chi connectivity index (χ1) is 13.0. The SMILES string of the molecule is Cc1ccc([C-]=C(C(=[N-])c2ccc(Cl)cc2Cl)C(O)c2ccccn2)cc1.[U+2]. The second-order valence-electron chi connectivity index (χ2n) is 6.03. The first kappa shape index (κ1) is 22.9. The van der Waals surface area contributed by atoms with E-state index in [2.05, 4.69) is 11.1 Å². The van der Waals surface area contributed by atoms with Crippen LogP contribution >= 0.6 is 23.2 Å². The molecule has 0 bridgehead atoms. The van der Waals surface area contributed by atoms with Gasteiger partial charge in [-0.3, -0.25) is 4.98 Å². The van der Waals surface area contributed by atoms with Gasteiger partial charge >= 0.3 is 31.1 Å². The Kier molecular flexibility index (Phi) is 8.49. The van der Waals surface area contributed by atoms with Crippen molar-refractivity contribution in [3.05, 3.63) is 116 Å². The Morgan fingerprint density at radius 2 is 1.79 bits per heavy atom. The number of benzene rings is 2. The van der Waals surface area contributed by atoms with Gasteiger partial charge in [-0.05, 0) is 31.2 Å². The van der Waals surface area contributed by atoms with Crippen LogP contribution in [0, 0.1) is 44.1 Å². The monoisotopic (exact) mass is 632 g/mol. The minimum atomic E-state index is -1.18. The molecule has 1 unspecified atom stereocenters. The summed E-state index contributed by atoms with van der Waals surface area (Å²) >= 11 is 12.2. The number of aromatic nitrogens is 1. The van der Waals surface area contributed by atoms with Crippen molar-refractivity contribution >= 4 is 28.9 Å². The maximum atomic E-state index is 10.9. The third kappa shape index (κ3) is 5.57. The summed E-state index contributed by atoms with van der Waals surface area (Å²) in [5, 5.41) is 22.5. The van der Waals surface area contributed by atoms with E-state index in [4.69, 9.17) is 23.2 Å². The molecule has 0 saturated carbocycles. The summed E-state index contributed by atoms with van der Waals surface area (Å²) in [5.41, 5.74) is 2.54. The van der Waals surface area contributed by atoms with Crippen molar-refractivity contribution in [2.75, 3.05) is 0 Å². The fourth-order valence-corrected chi connectivity index (χ4v) is 3.06. The number of aryl methyl sites for hydroxylation is 1. The zero-order valence-corrected chi connectivity index (χ0v) is 20.7. The smallest absolute Gasteiger partial charge is 0.854 e. The van der Waals surface area contributed by atoms with Crippen LogP contribution in [0.3, 0.4) is 0 Å². The molecular weight excluding hydrogens is 617 g/mol. The van der Waals surface area contributed by atoms with Crippen LogP contribution in [0.2, 0.25) is 10.0 Å². The Morgan fingerprint density at radius 1 is 1.07 bits per heavy atom. The van der Waals surface area contributed by atoms with Crippen molar-refractivity contribution in [3.63, 3.8) is 0 Å². The number of hydrogen-bond donors (Lipinski definition) is 1. The van der Waals surface area contributed by atoms with E-state index in [1.165, 1.54) is 6.07 Å². The third-order valence-corrected chi connectivity index (χ3v) is 4.56. The minimum Gasteiger partial charge on any atom is -0.854 e. The van der Waals surface area contributed by atoms with Crippen LogP contribution in [-0.4, -0.2) is 15.8 Å². The maximum absolute atomic E-state index is 10.9. The summed E-state index contributed by atoms with van der Waals surface area (Å²) in [6.45, 7) is 1.98. The van der Waals surface area contributed by atoms with Gasteiger partial charge in [0.2, 0.25) is 0 Å². The zero-order valence-electron chi connectivity index (χ0n) is 15.0. The molecule has 1 atom stereocenters. The quantitative estimate of drug-likeness (QED) is 0.296. The van der Waals surface area contributed by atoms with E-state index in [0.717, 1.165) is 5.56 Å². The average Bonchev–Trinajstić information content (AvgIpc) is 2.67. The Morgan fingerprint density at radius 3 is 2.39 bits per heavy atom. The Labute approximate surface area is 198 Å². The van der Waals surface area contributed by atoms with E-state index in [1.807, 2.05) is 31.2 Å². The van der Waals surface area contributed by atoms with Crippen LogP contribution in [0.15, 0.2) is 72.4 Å². The molecule has 28 heavy (non-hydrogen) atoms. The number of aliphatic hydroxyl groups excluding tert-OH is 1. The minimum absolute atomic E-state index is 0. The molecule has 0 aliphatic heterocycles. The molecular formula is C22H16Cl2N2OU. The topological polar surface area (TPSA) is 55.4 Å². The predicted octanol–water partition coefficient (Wildman–Crippen LogP) is 5.57. The molecule has 0 radical (unpaired) electrons. The molecule has 1 heterocycles. The van der Waals surface area contributed by atoms with Gasteiger partial charge in [0.15, 0.2) is 0 Å². The molecule has 3 nitrogen and oxygen atoms in total. The number of halogens is 2. The second-order valence-corrected chi connectivity index (χ2v) is 6.88. The van der Waals surface area contributed by atoms with Gasteiger partial charge in [-0.1, -0.05) is 46.5 Å². The van der Waals surface area contributed by atoms with Crippen molar-refractivity contribution in [1.29, 1.82) is 0 Å². The van der Waals surface area contributed by atoms with E-state index in [-0.39, 0.29) is 47.4 Å². The van der Waals surface area contributed by atoms with Crippen LogP contribution in [-0.2, 0) is 0 Å². The Bertz CT molecular complexity index is 989. The van der Waals surface area contributed by atoms with Gasteiger partial charge in [-0.15, -0.1) is 41.5 Å². The molecule has 3 aromatic rings. The van der Waals surface area contributed by atoms with E-state index in [9.17, 15) is 10.5 Å². The first-order valence-electron chi connectivity index (χ1n) is 8.27. The van der Waals surface area contributed by atoms with Crippen LogP contribution in [0.25, 0.3) is 5.41 Å². The molecule has 0 spiro atoms. The predicted molar refractivity (Wildman–Crippen MR) is 110 cm³/mol.